The Morgan fingerprint density at radius 2 is 1.90 bits per heavy atom. The molecule has 1 atom stereocenters. The van der Waals surface area contributed by atoms with Crippen LogP contribution >= 0.6 is 0 Å². The normalized spacial score (nSPS) is 20.0. The molecule has 2 heterocycles. The van der Waals surface area contributed by atoms with Crippen LogP contribution in [0.1, 0.15) is 63.3 Å². The summed E-state index contributed by atoms with van der Waals surface area (Å²) in [4.78, 5) is 2.43. The fourth-order valence-corrected chi connectivity index (χ4v) is 3.27. The third kappa shape index (κ3) is 2.95. The Kier molecular flexibility index (Phi) is 5.35. The van der Waals surface area contributed by atoms with Gasteiger partial charge < -0.3 is 10.6 Å². The minimum Gasteiger partial charge on any atom is -0.352 e. The second-order valence-electron chi connectivity index (χ2n) is 5.73. The van der Waals surface area contributed by atoms with E-state index in [1.807, 2.05) is 0 Å². The van der Waals surface area contributed by atoms with E-state index in [1.165, 1.54) is 36.8 Å². The van der Waals surface area contributed by atoms with Crippen LogP contribution in [0, 0.1) is 0 Å². The first kappa shape index (κ1) is 15.2. The van der Waals surface area contributed by atoms with Gasteiger partial charge in [-0.15, -0.1) is 5.10 Å². The molecular formula is C16H28N4. The zero-order valence-electron chi connectivity index (χ0n) is 13.2. The highest BCUT2D eigenvalue weighted by molar-refractivity contribution is 5.52. The Hall–Kier alpha value is -1.16. The number of hydrogen-bond acceptors (Lipinski definition) is 4. The van der Waals surface area contributed by atoms with Gasteiger partial charge >= 0.3 is 0 Å². The third-order valence-corrected chi connectivity index (χ3v) is 4.47. The van der Waals surface area contributed by atoms with Crippen molar-refractivity contribution in [3.8, 4) is 0 Å². The maximum atomic E-state index is 6.05. The van der Waals surface area contributed by atoms with Gasteiger partial charge in [0.1, 0.15) is 0 Å². The van der Waals surface area contributed by atoms with Crippen LogP contribution in [0.15, 0.2) is 0 Å². The Balaban J connectivity index is 2.44. The first-order chi connectivity index (χ1) is 9.72. The highest BCUT2D eigenvalue weighted by Gasteiger charge is 2.23. The van der Waals surface area contributed by atoms with Crippen molar-refractivity contribution in [2.75, 3.05) is 11.4 Å². The summed E-state index contributed by atoms with van der Waals surface area (Å²) >= 11 is 0. The smallest absolute Gasteiger partial charge is 0.156 e. The molecule has 0 saturated carbocycles. The average Bonchev–Trinajstić information content (AvgIpc) is 2.70. The summed E-state index contributed by atoms with van der Waals surface area (Å²) in [5.74, 6) is 1.04. The number of nitrogens with zero attached hydrogens (tertiary/aromatic N) is 3. The van der Waals surface area contributed by atoms with Crippen molar-refractivity contribution in [2.24, 2.45) is 5.73 Å². The molecule has 4 nitrogen and oxygen atoms in total. The highest BCUT2D eigenvalue weighted by atomic mass is 15.3. The maximum absolute atomic E-state index is 6.05. The Morgan fingerprint density at radius 1 is 1.10 bits per heavy atom. The van der Waals surface area contributed by atoms with Gasteiger partial charge in [0, 0.05) is 24.7 Å². The van der Waals surface area contributed by atoms with Gasteiger partial charge in [0.15, 0.2) is 5.82 Å². The highest BCUT2D eigenvalue weighted by Crippen LogP contribution is 2.28. The van der Waals surface area contributed by atoms with Crippen molar-refractivity contribution < 1.29 is 0 Å². The van der Waals surface area contributed by atoms with Gasteiger partial charge in [0.05, 0.1) is 5.69 Å². The van der Waals surface area contributed by atoms with Crippen LogP contribution < -0.4 is 10.6 Å². The Labute approximate surface area is 122 Å². The topological polar surface area (TPSA) is 55.0 Å². The Morgan fingerprint density at radius 3 is 2.55 bits per heavy atom. The molecule has 0 aliphatic carbocycles. The summed E-state index contributed by atoms with van der Waals surface area (Å²) in [6.45, 7) is 8.26. The number of rotatable bonds is 4. The van der Waals surface area contributed by atoms with Crippen LogP contribution in [-0.2, 0) is 19.4 Å². The lowest BCUT2D eigenvalue weighted by molar-refractivity contribution is 0.603. The molecule has 20 heavy (non-hydrogen) atoms. The van der Waals surface area contributed by atoms with Crippen LogP contribution in [0.25, 0.3) is 0 Å². The van der Waals surface area contributed by atoms with E-state index >= 15 is 0 Å². The number of anilines is 1. The molecule has 0 radical (unpaired) electrons. The van der Waals surface area contributed by atoms with Gasteiger partial charge in [-0.05, 0) is 38.2 Å². The number of hydrogen-bond donors (Lipinski definition) is 1. The fraction of sp³-hybridized carbons (Fsp3) is 0.750. The monoisotopic (exact) mass is 276 g/mol. The molecule has 1 aliphatic heterocycles. The van der Waals surface area contributed by atoms with E-state index in [2.05, 4.69) is 35.9 Å². The minimum atomic E-state index is 0.536. The molecular weight excluding hydrogens is 248 g/mol. The molecule has 1 aromatic rings. The lowest BCUT2D eigenvalue weighted by Gasteiger charge is -2.30. The van der Waals surface area contributed by atoms with E-state index in [0.29, 0.717) is 12.6 Å². The van der Waals surface area contributed by atoms with Crippen molar-refractivity contribution in [1.29, 1.82) is 0 Å². The van der Waals surface area contributed by atoms with Crippen LogP contribution in [0.5, 0.6) is 0 Å². The van der Waals surface area contributed by atoms with Gasteiger partial charge in [-0.2, -0.15) is 5.10 Å². The minimum absolute atomic E-state index is 0.536. The quantitative estimate of drug-likeness (QED) is 0.918. The van der Waals surface area contributed by atoms with Crippen molar-refractivity contribution in [1.82, 2.24) is 10.2 Å². The second kappa shape index (κ2) is 7.02. The predicted molar refractivity (Wildman–Crippen MR) is 84.0 cm³/mol. The van der Waals surface area contributed by atoms with E-state index in [9.17, 15) is 0 Å². The zero-order chi connectivity index (χ0) is 14.5. The average molecular weight is 276 g/mol. The summed E-state index contributed by atoms with van der Waals surface area (Å²) in [7, 11) is 0. The molecule has 2 rings (SSSR count). The standard InChI is InChI=1S/C16H28N4/c1-4-13-14(11-17)16(19-18-15(13)5-2)20-10-8-6-7-9-12(20)3/h12H,4-11,17H2,1-3H3. The van der Waals surface area contributed by atoms with Crippen LogP contribution in [0.3, 0.4) is 0 Å². The van der Waals surface area contributed by atoms with E-state index in [1.54, 1.807) is 0 Å². The lowest BCUT2D eigenvalue weighted by atomic mass is 10.0. The lowest BCUT2D eigenvalue weighted by Crippen LogP contribution is -2.35. The first-order valence-corrected chi connectivity index (χ1v) is 8.06. The second-order valence-corrected chi connectivity index (χ2v) is 5.73. The predicted octanol–water partition coefficient (Wildman–Crippen LogP) is 2.83. The summed E-state index contributed by atoms with van der Waals surface area (Å²) in [6.07, 6.45) is 7.03. The molecule has 112 valence electrons. The van der Waals surface area contributed by atoms with Crippen molar-refractivity contribution in [2.45, 2.75) is 71.9 Å². The molecule has 4 heteroatoms. The maximum Gasteiger partial charge on any atom is 0.156 e. The Bertz CT molecular complexity index is 444. The van der Waals surface area contributed by atoms with Crippen molar-refractivity contribution >= 4 is 5.82 Å². The fourth-order valence-electron chi connectivity index (χ4n) is 3.27. The van der Waals surface area contributed by atoms with E-state index in [4.69, 9.17) is 5.73 Å². The summed E-state index contributed by atoms with van der Waals surface area (Å²) in [5, 5.41) is 9.01. The van der Waals surface area contributed by atoms with Gasteiger partial charge in [-0.3, -0.25) is 0 Å². The summed E-state index contributed by atoms with van der Waals surface area (Å²) in [5.41, 5.74) is 9.69. The third-order valence-electron chi connectivity index (χ3n) is 4.47. The molecule has 1 fully saturated rings. The number of nitrogens with two attached hydrogens (primary N) is 1. The zero-order valence-corrected chi connectivity index (χ0v) is 13.2. The largest absolute Gasteiger partial charge is 0.352 e. The summed E-state index contributed by atoms with van der Waals surface area (Å²) < 4.78 is 0. The van der Waals surface area contributed by atoms with Crippen LogP contribution in [-0.4, -0.2) is 22.8 Å². The molecule has 0 bridgehead atoms. The summed E-state index contributed by atoms with van der Waals surface area (Å²) in [6, 6.07) is 0.536. The van der Waals surface area contributed by atoms with E-state index in [-0.39, 0.29) is 0 Å². The molecule has 1 aromatic heterocycles. The molecule has 0 amide bonds. The first-order valence-electron chi connectivity index (χ1n) is 8.06. The van der Waals surface area contributed by atoms with Gasteiger partial charge in [0.2, 0.25) is 0 Å². The van der Waals surface area contributed by atoms with Crippen LogP contribution in [0.4, 0.5) is 5.82 Å². The number of aromatic nitrogens is 2. The molecule has 0 spiro atoms. The SMILES string of the molecule is CCc1nnc(N2CCCCCC2C)c(CN)c1CC. The van der Waals surface area contributed by atoms with Crippen LogP contribution in [0.2, 0.25) is 0 Å². The molecule has 0 aromatic carbocycles. The molecule has 1 saturated heterocycles. The van der Waals surface area contributed by atoms with Gasteiger partial charge in [-0.1, -0.05) is 26.7 Å². The molecule has 1 unspecified atom stereocenters. The number of aryl methyl sites for hydroxylation is 1. The van der Waals surface area contributed by atoms with Gasteiger partial charge in [0.25, 0.3) is 0 Å². The van der Waals surface area contributed by atoms with Crippen molar-refractivity contribution in [3.05, 3.63) is 16.8 Å². The van der Waals surface area contributed by atoms with E-state index < -0.39 is 0 Å². The molecule has 2 N–H and O–H groups in total. The molecule has 1 aliphatic rings. The van der Waals surface area contributed by atoms with E-state index in [0.717, 1.165) is 30.9 Å². The van der Waals surface area contributed by atoms with Gasteiger partial charge in [-0.25, -0.2) is 0 Å². The van der Waals surface area contributed by atoms with Crippen molar-refractivity contribution in [3.63, 3.8) is 0 Å².